The highest BCUT2D eigenvalue weighted by Crippen LogP contribution is 2.45. The van der Waals surface area contributed by atoms with E-state index in [1.54, 1.807) is 0 Å². The van der Waals surface area contributed by atoms with Crippen molar-refractivity contribution in [3.8, 4) is 28.7 Å². The van der Waals surface area contributed by atoms with Crippen LogP contribution >= 0.6 is 0 Å². The Balaban J connectivity index is 1.67. The van der Waals surface area contributed by atoms with Crippen LogP contribution in [0.25, 0.3) is 32.8 Å². The van der Waals surface area contributed by atoms with Gasteiger partial charge in [0.15, 0.2) is 6.10 Å². The molecule has 1 aromatic heterocycles. The molecule has 1 aliphatic carbocycles. The molecular formula is C33H31NO4. The molecular weight excluding hydrogens is 474 g/mol. The largest absolute Gasteiger partial charge is 0.493 e. The van der Waals surface area contributed by atoms with Crippen LogP contribution in [0.5, 0.6) is 5.75 Å². The summed E-state index contributed by atoms with van der Waals surface area (Å²) in [6.07, 6.45) is 3.86. The first-order valence-corrected chi connectivity index (χ1v) is 13.2. The standard InChI is InChI=1S/C33H31NO4/c1-19-17-23-18-21(8-7-20-5-6-20)9-10-24(23)29(27(19)31(32(35)36)38-33(2,3)4)25-11-12-26-28-22(14-16-37-26)13-15-34-30(25)28/h9-13,15,17-18,20,31H,5-6,14,16H2,1-4H3,(H,35,36). The Bertz CT molecular complexity index is 1650. The third-order valence-corrected chi connectivity index (χ3v) is 7.18. The molecule has 0 bridgehead atoms. The molecule has 1 saturated carbocycles. The lowest BCUT2D eigenvalue weighted by Gasteiger charge is -2.29. The minimum absolute atomic E-state index is 0.516. The molecule has 0 radical (unpaired) electrons. The number of aryl methyl sites for hydroxylation is 1. The molecule has 3 aromatic carbocycles. The maximum atomic E-state index is 12.7. The van der Waals surface area contributed by atoms with Crippen LogP contribution in [0, 0.1) is 24.7 Å². The number of rotatable bonds is 4. The van der Waals surface area contributed by atoms with E-state index < -0.39 is 17.7 Å². The van der Waals surface area contributed by atoms with Crippen molar-refractivity contribution in [3.63, 3.8) is 0 Å². The molecule has 2 heterocycles. The Labute approximate surface area is 222 Å². The third-order valence-electron chi connectivity index (χ3n) is 7.18. The smallest absolute Gasteiger partial charge is 0.337 e. The molecule has 192 valence electrons. The van der Waals surface area contributed by atoms with E-state index in [2.05, 4.69) is 30.0 Å². The molecule has 1 aliphatic heterocycles. The Kier molecular flexibility index (Phi) is 5.89. The van der Waals surface area contributed by atoms with E-state index in [4.69, 9.17) is 14.5 Å². The summed E-state index contributed by atoms with van der Waals surface area (Å²) in [6.45, 7) is 8.24. The number of aliphatic carboxylic acids is 1. The van der Waals surface area contributed by atoms with Gasteiger partial charge in [-0.2, -0.15) is 0 Å². The van der Waals surface area contributed by atoms with Crippen molar-refractivity contribution in [2.75, 3.05) is 6.61 Å². The quantitative estimate of drug-likeness (QED) is 0.303. The zero-order valence-electron chi connectivity index (χ0n) is 22.2. The van der Waals surface area contributed by atoms with Crippen LogP contribution in [0.15, 0.2) is 48.7 Å². The van der Waals surface area contributed by atoms with Crippen molar-refractivity contribution in [1.29, 1.82) is 0 Å². The number of benzene rings is 3. The molecule has 0 amide bonds. The summed E-state index contributed by atoms with van der Waals surface area (Å²) in [5, 5.41) is 13.4. The maximum Gasteiger partial charge on any atom is 0.337 e. The van der Waals surface area contributed by atoms with Crippen molar-refractivity contribution in [1.82, 2.24) is 4.98 Å². The fourth-order valence-corrected chi connectivity index (χ4v) is 5.37. The molecule has 5 nitrogen and oxygen atoms in total. The van der Waals surface area contributed by atoms with E-state index in [9.17, 15) is 9.90 Å². The lowest BCUT2D eigenvalue weighted by molar-refractivity contribution is -0.160. The summed E-state index contributed by atoms with van der Waals surface area (Å²) < 4.78 is 12.2. The third kappa shape index (κ3) is 4.50. The van der Waals surface area contributed by atoms with Gasteiger partial charge in [0, 0.05) is 40.6 Å². The van der Waals surface area contributed by atoms with E-state index in [0.717, 1.165) is 56.1 Å². The maximum absolute atomic E-state index is 12.7. The van der Waals surface area contributed by atoms with Gasteiger partial charge in [-0.15, -0.1) is 0 Å². The molecule has 0 spiro atoms. The number of hydrogen-bond acceptors (Lipinski definition) is 4. The molecule has 1 N–H and O–H groups in total. The lowest BCUT2D eigenvalue weighted by atomic mass is 9.85. The number of carboxylic acids is 1. The summed E-state index contributed by atoms with van der Waals surface area (Å²) in [5.74, 6) is 6.98. The summed E-state index contributed by atoms with van der Waals surface area (Å²) in [5.41, 5.74) is 5.52. The van der Waals surface area contributed by atoms with Gasteiger partial charge in [-0.3, -0.25) is 4.98 Å². The highest BCUT2D eigenvalue weighted by atomic mass is 16.5. The van der Waals surface area contributed by atoms with Crippen molar-refractivity contribution in [2.45, 2.75) is 58.7 Å². The number of ether oxygens (including phenoxy) is 2. The molecule has 4 aromatic rings. The summed E-state index contributed by atoms with van der Waals surface area (Å²) in [6, 6.07) is 14.3. The van der Waals surface area contributed by atoms with Crippen LogP contribution in [-0.4, -0.2) is 28.3 Å². The normalized spacial score (nSPS) is 15.6. The number of aromatic nitrogens is 1. The van der Waals surface area contributed by atoms with Crippen molar-refractivity contribution < 1.29 is 19.4 Å². The first-order chi connectivity index (χ1) is 18.2. The minimum Gasteiger partial charge on any atom is -0.493 e. The predicted molar refractivity (Wildman–Crippen MR) is 149 cm³/mol. The Morgan fingerprint density at radius 2 is 1.97 bits per heavy atom. The first kappa shape index (κ1) is 24.5. The highest BCUT2D eigenvalue weighted by Gasteiger charge is 2.32. The highest BCUT2D eigenvalue weighted by molar-refractivity contribution is 6.09. The van der Waals surface area contributed by atoms with E-state index in [1.807, 2.05) is 58.2 Å². The van der Waals surface area contributed by atoms with Crippen LogP contribution in [0.1, 0.15) is 62.0 Å². The number of carboxylic acid groups (broad SMARTS) is 1. The number of nitrogens with zero attached hydrogens (tertiary/aromatic N) is 1. The second kappa shape index (κ2) is 9.15. The zero-order valence-corrected chi connectivity index (χ0v) is 22.2. The van der Waals surface area contributed by atoms with Gasteiger partial charge in [0.05, 0.1) is 17.7 Å². The first-order valence-electron chi connectivity index (χ1n) is 13.2. The monoisotopic (exact) mass is 505 g/mol. The fourth-order valence-electron chi connectivity index (χ4n) is 5.37. The fraction of sp³-hybridized carbons (Fsp3) is 0.333. The summed E-state index contributed by atoms with van der Waals surface area (Å²) in [4.78, 5) is 17.5. The van der Waals surface area contributed by atoms with E-state index in [1.165, 1.54) is 18.4 Å². The van der Waals surface area contributed by atoms with Crippen LogP contribution in [0.3, 0.4) is 0 Å². The van der Waals surface area contributed by atoms with Crippen molar-refractivity contribution in [3.05, 3.63) is 70.9 Å². The summed E-state index contributed by atoms with van der Waals surface area (Å²) in [7, 11) is 0. The van der Waals surface area contributed by atoms with Gasteiger partial charge in [0.25, 0.3) is 0 Å². The molecule has 1 atom stereocenters. The van der Waals surface area contributed by atoms with Gasteiger partial charge in [-0.1, -0.05) is 24.0 Å². The lowest BCUT2D eigenvalue weighted by Crippen LogP contribution is -2.28. The molecule has 1 unspecified atom stereocenters. The molecule has 1 fully saturated rings. The topological polar surface area (TPSA) is 68.7 Å². The molecule has 38 heavy (non-hydrogen) atoms. The van der Waals surface area contributed by atoms with Gasteiger partial charge in [-0.05, 0) is 98.3 Å². The van der Waals surface area contributed by atoms with Gasteiger partial charge < -0.3 is 14.6 Å². The van der Waals surface area contributed by atoms with Crippen LogP contribution < -0.4 is 4.74 Å². The van der Waals surface area contributed by atoms with E-state index in [0.29, 0.717) is 18.1 Å². The average molecular weight is 506 g/mol. The van der Waals surface area contributed by atoms with Crippen molar-refractivity contribution in [2.24, 2.45) is 5.92 Å². The number of pyridine rings is 1. The Morgan fingerprint density at radius 3 is 2.71 bits per heavy atom. The Morgan fingerprint density at radius 1 is 1.16 bits per heavy atom. The molecule has 6 rings (SSSR count). The summed E-state index contributed by atoms with van der Waals surface area (Å²) >= 11 is 0. The molecule has 2 aliphatic rings. The molecule has 0 saturated heterocycles. The van der Waals surface area contributed by atoms with E-state index >= 15 is 0 Å². The molecule has 5 heteroatoms. The second-order valence-corrected chi connectivity index (χ2v) is 11.3. The van der Waals surface area contributed by atoms with Gasteiger partial charge >= 0.3 is 5.97 Å². The van der Waals surface area contributed by atoms with Crippen LogP contribution in [-0.2, 0) is 16.0 Å². The van der Waals surface area contributed by atoms with Crippen molar-refractivity contribution >= 4 is 27.6 Å². The average Bonchev–Trinajstić information content (AvgIpc) is 3.70. The van der Waals surface area contributed by atoms with Crippen LogP contribution in [0.4, 0.5) is 0 Å². The van der Waals surface area contributed by atoms with Gasteiger partial charge in [0.2, 0.25) is 0 Å². The van der Waals surface area contributed by atoms with Gasteiger partial charge in [-0.25, -0.2) is 4.79 Å². The SMILES string of the molecule is Cc1cc2cc(C#CC3CC3)ccc2c(-c2ccc3c4c(ccnc24)CCO3)c1C(OC(C)(C)C)C(=O)O. The van der Waals surface area contributed by atoms with Gasteiger partial charge in [0.1, 0.15) is 5.75 Å². The number of carbonyl (C=O) groups is 1. The Hall–Kier alpha value is -3.88. The minimum atomic E-state index is -1.15. The zero-order chi connectivity index (χ0) is 26.6. The second-order valence-electron chi connectivity index (χ2n) is 11.3. The van der Waals surface area contributed by atoms with Crippen LogP contribution in [0.2, 0.25) is 0 Å². The van der Waals surface area contributed by atoms with E-state index in [-0.39, 0.29) is 0 Å². The number of hydrogen-bond donors (Lipinski definition) is 1. The predicted octanol–water partition coefficient (Wildman–Crippen LogP) is 7.00. The number of fused-ring (bicyclic) bond motifs is 1.